The monoisotopic (exact) mass is 345 g/mol. The number of nitrogens with one attached hydrogen (secondary N) is 3. The molecule has 0 radical (unpaired) electrons. The van der Waals surface area contributed by atoms with Gasteiger partial charge >= 0.3 is 0 Å². The van der Waals surface area contributed by atoms with Gasteiger partial charge in [0.25, 0.3) is 5.91 Å². The van der Waals surface area contributed by atoms with E-state index in [1.54, 1.807) is 0 Å². The van der Waals surface area contributed by atoms with E-state index >= 15 is 0 Å². The van der Waals surface area contributed by atoms with Crippen LogP contribution in [0.2, 0.25) is 0 Å². The van der Waals surface area contributed by atoms with Crippen LogP contribution in [-0.2, 0) is 4.74 Å². The molecule has 3 atom stereocenters. The summed E-state index contributed by atoms with van der Waals surface area (Å²) < 4.78 is 6.23. The van der Waals surface area contributed by atoms with E-state index in [9.17, 15) is 4.79 Å². The van der Waals surface area contributed by atoms with Gasteiger partial charge in [0.1, 0.15) is 6.33 Å². The normalized spacial score (nSPS) is 29.8. The fourth-order valence-electron chi connectivity index (χ4n) is 3.60. The number of carbonyl (C=O) groups excluding carboxylic acids is 1. The Labute approximate surface area is 148 Å². The molecular formula is C18H27N5O2. The Balaban J connectivity index is 1.29. The molecule has 1 aromatic rings. The predicted molar refractivity (Wildman–Crippen MR) is 92.7 cm³/mol. The molecule has 0 unspecified atom stereocenters. The molecular weight excluding hydrogens is 318 g/mol. The average molecular weight is 345 g/mol. The second-order valence-electron chi connectivity index (χ2n) is 7.51. The van der Waals surface area contributed by atoms with Crippen LogP contribution in [0.3, 0.4) is 0 Å². The Morgan fingerprint density at radius 3 is 2.52 bits per heavy atom. The quantitative estimate of drug-likeness (QED) is 0.646. The highest BCUT2D eigenvalue weighted by Crippen LogP contribution is 2.32. The SMILES string of the molecule is O=C(NN[C@@H]1CC[C@@H](OC2CC2)[C@H](NC2CCC2)C1)c1cncnc1. The fourth-order valence-corrected chi connectivity index (χ4v) is 3.60. The Kier molecular flexibility index (Phi) is 5.24. The molecule has 0 bridgehead atoms. The first kappa shape index (κ1) is 16.9. The van der Waals surface area contributed by atoms with Gasteiger partial charge in [-0.05, 0) is 44.9 Å². The summed E-state index contributed by atoms with van der Waals surface area (Å²) >= 11 is 0. The van der Waals surface area contributed by atoms with E-state index in [2.05, 4.69) is 26.1 Å². The Morgan fingerprint density at radius 1 is 1.04 bits per heavy atom. The van der Waals surface area contributed by atoms with E-state index in [1.807, 2.05) is 0 Å². The van der Waals surface area contributed by atoms with E-state index in [-0.39, 0.29) is 11.9 Å². The molecule has 1 heterocycles. The topological polar surface area (TPSA) is 88.2 Å². The maximum atomic E-state index is 12.1. The number of amides is 1. The van der Waals surface area contributed by atoms with Crippen molar-refractivity contribution in [3.63, 3.8) is 0 Å². The molecule has 3 aliphatic rings. The lowest BCUT2D eigenvalue weighted by Gasteiger charge is -2.41. The average Bonchev–Trinajstić information content (AvgIpc) is 3.42. The van der Waals surface area contributed by atoms with Crippen LogP contribution in [0.4, 0.5) is 0 Å². The summed E-state index contributed by atoms with van der Waals surface area (Å²) in [4.78, 5) is 19.9. The summed E-state index contributed by atoms with van der Waals surface area (Å²) in [6.07, 6.45) is 14.6. The zero-order valence-electron chi connectivity index (χ0n) is 14.5. The van der Waals surface area contributed by atoms with Crippen LogP contribution in [0.5, 0.6) is 0 Å². The first-order chi connectivity index (χ1) is 12.3. The third kappa shape index (κ3) is 4.54. The first-order valence-corrected chi connectivity index (χ1v) is 9.50. The summed E-state index contributed by atoms with van der Waals surface area (Å²) in [5.74, 6) is -0.194. The number of hydrogen-bond donors (Lipinski definition) is 3. The van der Waals surface area contributed by atoms with Gasteiger partial charge in [0.2, 0.25) is 0 Å². The number of hydrogen-bond acceptors (Lipinski definition) is 6. The number of carbonyl (C=O) groups is 1. The molecule has 4 rings (SSSR count). The van der Waals surface area contributed by atoms with E-state index in [0.29, 0.717) is 29.9 Å². The zero-order chi connectivity index (χ0) is 17.1. The Bertz CT molecular complexity index is 576. The Hall–Kier alpha value is -1.57. The van der Waals surface area contributed by atoms with Gasteiger partial charge in [-0.25, -0.2) is 15.4 Å². The van der Waals surface area contributed by atoms with Gasteiger partial charge in [-0.2, -0.15) is 0 Å². The van der Waals surface area contributed by atoms with Crippen molar-refractivity contribution in [2.45, 2.75) is 81.7 Å². The van der Waals surface area contributed by atoms with Gasteiger partial charge in [-0.15, -0.1) is 0 Å². The van der Waals surface area contributed by atoms with Crippen molar-refractivity contribution < 1.29 is 9.53 Å². The lowest BCUT2D eigenvalue weighted by molar-refractivity contribution is -0.0180. The van der Waals surface area contributed by atoms with Crippen molar-refractivity contribution >= 4 is 5.91 Å². The maximum Gasteiger partial charge on any atom is 0.268 e. The van der Waals surface area contributed by atoms with Crippen molar-refractivity contribution in [1.82, 2.24) is 26.1 Å². The van der Waals surface area contributed by atoms with E-state index in [1.165, 1.54) is 50.8 Å². The van der Waals surface area contributed by atoms with Crippen LogP contribution in [-0.4, -0.2) is 46.2 Å². The summed E-state index contributed by atoms with van der Waals surface area (Å²) in [7, 11) is 0. The lowest BCUT2D eigenvalue weighted by atomic mass is 9.85. The van der Waals surface area contributed by atoms with Crippen LogP contribution in [0.25, 0.3) is 0 Å². The van der Waals surface area contributed by atoms with Crippen molar-refractivity contribution in [2.75, 3.05) is 0 Å². The van der Waals surface area contributed by atoms with E-state index in [0.717, 1.165) is 19.3 Å². The van der Waals surface area contributed by atoms with Crippen LogP contribution >= 0.6 is 0 Å². The molecule has 0 aliphatic heterocycles. The predicted octanol–water partition coefficient (Wildman–Crippen LogP) is 1.32. The van der Waals surface area contributed by atoms with Gasteiger partial charge in [-0.3, -0.25) is 10.2 Å². The second kappa shape index (κ2) is 7.76. The third-order valence-corrected chi connectivity index (χ3v) is 5.45. The van der Waals surface area contributed by atoms with Gasteiger partial charge < -0.3 is 10.1 Å². The minimum Gasteiger partial charge on any atom is -0.373 e. The number of nitrogens with zero attached hydrogens (tertiary/aromatic N) is 2. The van der Waals surface area contributed by atoms with Gasteiger partial charge in [0.15, 0.2) is 0 Å². The highest BCUT2D eigenvalue weighted by Gasteiger charge is 2.37. The molecule has 3 saturated carbocycles. The van der Waals surface area contributed by atoms with Crippen LogP contribution in [0, 0.1) is 0 Å². The van der Waals surface area contributed by atoms with Gasteiger partial charge in [0, 0.05) is 30.5 Å². The summed E-state index contributed by atoms with van der Waals surface area (Å²) in [6.45, 7) is 0. The molecule has 3 fully saturated rings. The standard InChI is InChI=1S/C18H27N5O2/c24-18(12-9-19-11-20-10-12)23-22-14-4-7-17(25-15-5-6-15)16(8-14)21-13-2-1-3-13/h9-11,13-17,21-22H,1-8H2,(H,23,24)/t14-,16-,17-/m1/s1. The van der Waals surface area contributed by atoms with Crippen molar-refractivity contribution in [3.8, 4) is 0 Å². The first-order valence-electron chi connectivity index (χ1n) is 9.50. The van der Waals surface area contributed by atoms with Crippen LogP contribution in [0.1, 0.15) is 61.7 Å². The molecule has 0 aromatic carbocycles. The molecule has 0 spiro atoms. The molecule has 25 heavy (non-hydrogen) atoms. The number of ether oxygens (including phenoxy) is 1. The van der Waals surface area contributed by atoms with Crippen molar-refractivity contribution in [3.05, 3.63) is 24.3 Å². The lowest BCUT2D eigenvalue weighted by Crippen LogP contribution is -2.56. The zero-order valence-corrected chi connectivity index (χ0v) is 14.5. The smallest absolute Gasteiger partial charge is 0.268 e. The maximum absolute atomic E-state index is 12.1. The minimum atomic E-state index is -0.194. The largest absolute Gasteiger partial charge is 0.373 e. The molecule has 136 valence electrons. The summed E-state index contributed by atoms with van der Waals surface area (Å²) in [5, 5.41) is 3.79. The van der Waals surface area contributed by atoms with Gasteiger partial charge in [0.05, 0.1) is 17.8 Å². The molecule has 1 aromatic heterocycles. The third-order valence-electron chi connectivity index (χ3n) is 5.45. The molecule has 7 nitrogen and oxygen atoms in total. The van der Waals surface area contributed by atoms with Crippen molar-refractivity contribution in [1.29, 1.82) is 0 Å². The minimum absolute atomic E-state index is 0.194. The summed E-state index contributed by atoms with van der Waals surface area (Å²) in [6, 6.07) is 1.27. The molecule has 1 amide bonds. The van der Waals surface area contributed by atoms with E-state index in [4.69, 9.17) is 4.74 Å². The highest BCUT2D eigenvalue weighted by atomic mass is 16.5. The molecule has 3 N–H and O–H groups in total. The van der Waals surface area contributed by atoms with Crippen LogP contribution < -0.4 is 16.2 Å². The number of aromatic nitrogens is 2. The van der Waals surface area contributed by atoms with Crippen molar-refractivity contribution in [2.24, 2.45) is 0 Å². The molecule has 0 saturated heterocycles. The summed E-state index contributed by atoms with van der Waals surface area (Å²) in [5.41, 5.74) is 6.46. The van der Waals surface area contributed by atoms with Crippen LogP contribution in [0.15, 0.2) is 18.7 Å². The molecule has 7 heteroatoms. The second-order valence-corrected chi connectivity index (χ2v) is 7.51. The Morgan fingerprint density at radius 2 is 1.84 bits per heavy atom. The highest BCUT2D eigenvalue weighted by molar-refractivity contribution is 5.93. The van der Waals surface area contributed by atoms with Gasteiger partial charge in [-0.1, -0.05) is 6.42 Å². The number of hydrazine groups is 1. The van der Waals surface area contributed by atoms with E-state index < -0.39 is 0 Å². The number of rotatable bonds is 7. The molecule has 3 aliphatic carbocycles. The fraction of sp³-hybridized carbons (Fsp3) is 0.722.